The topological polar surface area (TPSA) is 155 Å². The normalized spacial score (nSPS) is 11.3. The summed E-state index contributed by atoms with van der Waals surface area (Å²) >= 11 is 0. The third-order valence-electron chi connectivity index (χ3n) is 25.5. The maximum atomic E-state index is 9.49. The zero-order chi connectivity index (χ0) is 92.1. The lowest BCUT2D eigenvalue weighted by atomic mass is 10.0. The van der Waals surface area contributed by atoms with Gasteiger partial charge in [-0.05, 0) is 135 Å². The van der Waals surface area contributed by atoms with E-state index in [2.05, 4.69) is 341 Å². The molecule has 0 atom stereocenters. The summed E-state index contributed by atoms with van der Waals surface area (Å²) in [5.41, 5.74) is 21.2. The van der Waals surface area contributed by atoms with Crippen molar-refractivity contribution < 1.29 is 0 Å². The fourth-order valence-electron chi connectivity index (χ4n) is 19.1. The first kappa shape index (κ1) is 83.6. The number of para-hydroxylation sites is 5. The van der Waals surface area contributed by atoms with Crippen LogP contribution in [-0.2, 0) is 0 Å². The summed E-state index contributed by atoms with van der Waals surface area (Å²) in [6, 6.07) is 177. The summed E-state index contributed by atoms with van der Waals surface area (Å²) in [6.45, 7) is 0. The Balaban J connectivity index is 0.000000122. The molecule has 0 bridgehead atoms. The smallest absolute Gasteiger partial charge is 0.179 e. The molecule has 0 saturated carbocycles. The molecule has 0 N–H and O–H groups in total. The zero-order valence-electron chi connectivity index (χ0n) is 74.7. The van der Waals surface area contributed by atoms with Crippen LogP contribution in [0.4, 0.5) is 0 Å². The molecule has 25 aromatic rings. The lowest BCUT2D eigenvalue weighted by Gasteiger charge is -2.34. The van der Waals surface area contributed by atoms with Gasteiger partial charge < -0.3 is 13.7 Å². The quantitative estimate of drug-likeness (QED) is 0.0635. The second-order valence-electron chi connectivity index (χ2n) is 33.8. The molecule has 14 heteroatoms. The Hall–Kier alpha value is -18.7. The van der Waals surface area contributed by atoms with Crippen molar-refractivity contribution in [3.05, 3.63) is 509 Å². The number of hydrogen-bond acceptors (Lipinski definition) is 10. The SMILES string of the molecule is N#Cc1ccc2c(c1)c1ccccc1n2-c1cccc(-c2nc(-c3ccccc3)nc(-c3ccccc3)n2)c1.c1ccc(-c2nc(-c3ccc(-n4c5ccccc5c5ccccc54)cc3)nc(-c3cccc(-c4ccc([Si](c5ccccc5)(c5ccccc5)c5ccccc5)cc4)c3)n2)cc1.c1ccc(-c2nc(-c3ccccc3)nc(-c3cccc(-n4c5ccccc5c5ccccc54)c3)n2)cc1. The van der Waals surface area contributed by atoms with Crippen LogP contribution in [0.1, 0.15) is 5.56 Å². The predicted molar refractivity (Wildman–Crippen MR) is 565 cm³/mol. The first-order valence-corrected chi connectivity index (χ1v) is 48.0. The highest BCUT2D eigenvalue weighted by Gasteiger charge is 2.41. The fraction of sp³-hybridized carbons (Fsp3) is 0. The van der Waals surface area contributed by atoms with E-state index in [9.17, 15) is 5.26 Å². The Morgan fingerprint density at radius 1 is 0.159 bits per heavy atom. The van der Waals surface area contributed by atoms with Crippen LogP contribution in [0.3, 0.4) is 0 Å². The van der Waals surface area contributed by atoms with Gasteiger partial charge in [0.2, 0.25) is 0 Å². The van der Waals surface area contributed by atoms with Gasteiger partial charge in [0.25, 0.3) is 0 Å². The monoisotopic (exact) mass is 1780 g/mol. The summed E-state index contributed by atoms with van der Waals surface area (Å²) < 4.78 is 6.87. The zero-order valence-corrected chi connectivity index (χ0v) is 75.7. The van der Waals surface area contributed by atoms with Crippen LogP contribution >= 0.6 is 0 Å². The van der Waals surface area contributed by atoms with Crippen molar-refractivity contribution in [2.24, 2.45) is 0 Å². The minimum absolute atomic E-state index is 0.608. The van der Waals surface area contributed by atoms with Crippen molar-refractivity contribution in [3.63, 3.8) is 0 Å². The molecule has 0 unspecified atom stereocenters. The van der Waals surface area contributed by atoms with E-state index in [1.165, 1.54) is 64.4 Å². The highest BCUT2D eigenvalue weighted by Crippen LogP contribution is 2.40. The highest BCUT2D eigenvalue weighted by molar-refractivity contribution is 7.19. The van der Waals surface area contributed by atoms with Crippen molar-refractivity contribution in [1.82, 2.24) is 58.6 Å². The molecule has 25 rings (SSSR count). The van der Waals surface area contributed by atoms with Gasteiger partial charge in [0.1, 0.15) is 0 Å². The highest BCUT2D eigenvalue weighted by atomic mass is 28.3. The first-order chi connectivity index (χ1) is 68.4. The number of hydrogen-bond donors (Lipinski definition) is 0. The molecule has 0 aliphatic heterocycles. The molecular weight excluding hydrogens is 1700 g/mol. The van der Waals surface area contributed by atoms with Crippen LogP contribution in [0.25, 0.3) is 196 Å². The minimum atomic E-state index is -2.64. The van der Waals surface area contributed by atoms with E-state index in [-0.39, 0.29) is 0 Å². The number of nitrogens with zero attached hydrogens (tertiary/aromatic N) is 13. The van der Waals surface area contributed by atoms with E-state index in [1.54, 1.807) is 0 Å². The van der Waals surface area contributed by atoms with Crippen molar-refractivity contribution in [3.8, 4) is 137 Å². The lowest BCUT2D eigenvalue weighted by molar-refractivity contribution is 1.07. The van der Waals surface area contributed by atoms with E-state index in [4.69, 9.17) is 44.9 Å². The minimum Gasteiger partial charge on any atom is -0.309 e. The summed E-state index contributed by atoms with van der Waals surface area (Å²) in [5, 5.41) is 22.0. The Bertz CT molecular complexity index is 8490. The van der Waals surface area contributed by atoms with Crippen molar-refractivity contribution in [2.45, 2.75) is 0 Å². The van der Waals surface area contributed by atoms with Gasteiger partial charge in [0.05, 0.1) is 44.7 Å². The Morgan fingerprint density at radius 2 is 0.391 bits per heavy atom. The van der Waals surface area contributed by atoms with Gasteiger partial charge in [-0.25, -0.2) is 44.9 Å². The number of aromatic nitrogens is 12. The molecule has 138 heavy (non-hydrogen) atoms. The molecule has 19 aromatic carbocycles. The van der Waals surface area contributed by atoms with E-state index < -0.39 is 8.07 Å². The molecule has 6 heterocycles. The number of benzene rings is 19. The molecule has 0 radical (unpaired) electrons. The molecule has 6 aromatic heterocycles. The van der Waals surface area contributed by atoms with E-state index in [1.807, 2.05) is 182 Å². The van der Waals surface area contributed by atoms with E-state index in [0.717, 1.165) is 100 Å². The van der Waals surface area contributed by atoms with Crippen LogP contribution in [0, 0.1) is 11.3 Å². The van der Waals surface area contributed by atoms with Gasteiger partial charge in [0.15, 0.2) is 60.5 Å². The van der Waals surface area contributed by atoms with Crippen LogP contribution in [0.15, 0.2) is 504 Å². The number of fused-ring (bicyclic) bond motifs is 9. The molecule has 0 aliphatic carbocycles. The molecule has 0 amide bonds. The van der Waals surface area contributed by atoms with Crippen LogP contribution in [0.2, 0.25) is 0 Å². The van der Waals surface area contributed by atoms with Crippen LogP contribution < -0.4 is 20.7 Å². The maximum absolute atomic E-state index is 9.49. The molecule has 0 fully saturated rings. The standard InChI is InChI=1S/C57H40N4Si.C34H21N5.C33H22N4/c1-5-18-42(19-6-1)55-58-56(43-32-36-46(37-33-43)61-53-30-15-13-28-51(53)52-29-14-16-31-54(52)61)60-57(59-55)45-21-17-20-44(40-45)41-34-38-50(39-35-41)62(47-22-7-2-8-23-47,48-24-9-3-10-25-48)49-26-11-4-12-27-49;35-22-23-18-19-31-29(20-23)28-16-7-8-17-30(28)39(31)27-15-9-14-26(21-27)34-37-32(24-10-3-1-4-11-24)36-33(38-34)25-12-5-2-6-13-25;1-3-12-23(13-4-1)31-34-32(24-14-5-2-6-15-24)36-33(35-31)25-16-11-17-26(22-25)37-29-20-9-7-18-27(29)28-19-8-10-21-30(28)37/h1-40H;1-21H;1-22H. The lowest BCUT2D eigenvalue weighted by Crippen LogP contribution is -2.74. The largest absolute Gasteiger partial charge is 0.309 e. The van der Waals surface area contributed by atoms with E-state index in [0.29, 0.717) is 58.0 Å². The van der Waals surface area contributed by atoms with Crippen molar-refractivity contribution in [2.75, 3.05) is 0 Å². The average molecular weight is 1780 g/mol. The summed E-state index contributed by atoms with van der Waals surface area (Å²) in [4.78, 5) is 44.6. The third kappa shape index (κ3) is 16.2. The average Bonchev–Trinajstić information content (AvgIpc) is 1.35. The molecule has 0 spiro atoms. The van der Waals surface area contributed by atoms with Gasteiger partial charge in [-0.3, -0.25) is 0 Å². The molecule has 13 nitrogen and oxygen atoms in total. The Labute approximate surface area is 798 Å². The maximum Gasteiger partial charge on any atom is 0.179 e. The number of rotatable bonds is 17. The number of nitriles is 1. The summed E-state index contributed by atoms with van der Waals surface area (Å²) in [7, 11) is -2.64. The predicted octanol–water partition coefficient (Wildman–Crippen LogP) is 26.8. The second kappa shape index (κ2) is 37.2. The second-order valence-corrected chi connectivity index (χ2v) is 37.6. The first-order valence-electron chi connectivity index (χ1n) is 46.0. The van der Waals surface area contributed by atoms with Gasteiger partial charge in [0, 0.05) is 99.5 Å². The van der Waals surface area contributed by atoms with Crippen molar-refractivity contribution >= 4 is 94.2 Å². The van der Waals surface area contributed by atoms with E-state index >= 15 is 0 Å². The summed E-state index contributed by atoms with van der Waals surface area (Å²) in [6.07, 6.45) is 0. The van der Waals surface area contributed by atoms with Gasteiger partial charge in [-0.1, -0.05) is 400 Å². The Morgan fingerprint density at radius 3 is 0.717 bits per heavy atom. The van der Waals surface area contributed by atoms with Gasteiger partial charge in [-0.2, -0.15) is 5.26 Å². The molecular formula is C124H83N13Si. The van der Waals surface area contributed by atoms with Gasteiger partial charge in [-0.15, -0.1) is 0 Å². The van der Waals surface area contributed by atoms with Crippen LogP contribution in [0.5, 0.6) is 0 Å². The fourth-order valence-corrected chi connectivity index (χ4v) is 23.8. The van der Waals surface area contributed by atoms with Crippen LogP contribution in [-0.4, -0.2) is 66.6 Å². The molecule has 0 aliphatic rings. The van der Waals surface area contributed by atoms with Gasteiger partial charge >= 0.3 is 0 Å². The summed E-state index contributed by atoms with van der Waals surface area (Å²) in [5.74, 6) is 5.72. The third-order valence-corrected chi connectivity index (χ3v) is 30.3. The Kier molecular flexibility index (Phi) is 22.5. The van der Waals surface area contributed by atoms with Crippen molar-refractivity contribution in [1.29, 1.82) is 5.26 Å². The molecule has 648 valence electrons. The molecule has 0 saturated heterocycles.